The van der Waals surface area contributed by atoms with Gasteiger partial charge < -0.3 is 19.4 Å². The van der Waals surface area contributed by atoms with Crippen LogP contribution >= 0.6 is 0 Å². The van der Waals surface area contributed by atoms with Crippen molar-refractivity contribution >= 4 is 22.1 Å². The van der Waals surface area contributed by atoms with Crippen molar-refractivity contribution in [3.8, 4) is 45.4 Å². The van der Waals surface area contributed by atoms with Gasteiger partial charge in [0.25, 0.3) is 0 Å². The second-order valence-electron chi connectivity index (χ2n) is 9.27. The molecule has 0 aliphatic heterocycles. The van der Waals surface area contributed by atoms with Crippen LogP contribution in [-0.2, 0) is 0 Å². The summed E-state index contributed by atoms with van der Waals surface area (Å²) in [6.07, 6.45) is 6.77. The lowest BCUT2D eigenvalue weighted by Crippen LogP contribution is -2.19. The van der Waals surface area contributed by atoms with Crippen LogP contribution in [-0.4, -0.2) is 74.4 Å². The zero-order valence-electron chi connectivity index (χ0n) is 21.6. The number of nitrogens with zero attached hydrogens (tertiary/aromatic N) is 6. The Kier molecular flexibility index (Phi) is 6.33. The molecule has 5 aromatic heterocycles. The molecule has 0 atom stereocenters. The molecular weight excluding hydrogens is 499 g/mol. The summed E-state index contributed by atoms with van der Waals surface area (Å²) in [5.74, 6) is 1.19. The molecule has 0 aliphatic rings. The molecule has 0 spiro atoms. The van der Waals surface area contributed by atoms with Crippen molar-refractivity contribution in [1.29, 1.82) is 0 Å². The first-order valence-corrected chi connectivity index (χ1v) is 12.3. The van der Waals surface area contributed by atoms with Gasteiger partial charge in [-0.15, -0.1) is 0 Å². The number of pyridine rings is 3. The second kappa shape index (κ2) is 10.1. The third-order valence-corrected chi connectivity index (χ3v) is 6.26. The molecular formula is C28H25FN8O2. The number of halogens is 1. The number of methoxy groups -OCH3 is 1. The maximum absolute atomic E-state index is 14.2. The van der Waals surface area contributed by atoms with Crippen LogP contribution in [0.15, 0.2) is 61.2 Å². The number of likely N-dealkylation sites (N-methyl/N-ethyl adjacent to an activating group) is 1. The predicted octanol–water partition coefficient (Wildman–Crippen LogP) is 4.71. The standard InChI is InChI=1S/C28H25FN8O2/c1-37(2)6-7-39-20-10-17(12-30-13-20)22-4-5-23-26(32-22)27(36-35-23)28-33-24-15-31-14-21(25(24)34-28)16-8-18(29)11-19(9-16)38-3/h4-5,8-15H,6-7H2,1-3H3,(H,33,34)(H,35,36). The number of H-pyrrole nitrogens is 2. The molecule has 6 rings (SSSR count). The highest BCUT2D eigenvalue weighted by Gasteiger charge is 2.18. The Morgan fingerprint density at radius 1 is 0.872 bits per heavy atom. The Labute approximate surface area is 222 Å². The first-order chi connectivity index (χ1) is 19.0. The minimum Gasteiger partial charge on any atom is -0.497 e. The quantitative estimate of drug-likeness (QED) is 0.294. The van der Waals surface area contributed by atoms with E-state index in [1.807, 2.05) is 32.3 Å². The van der Waals surface area contributed by atoms with Crippen molar-refractivity contribution < 1.29 is 13.9 Å². The number of benzene rings is 1. The van der Waals surface area contributed by atoms with Crippen LogP contribution in [0.4, 0.5) is 4.39 Å². The van der Waals surface area contributed by atoms with Gasteiger partial charge in [0.05, 0.1) is 41.7 Å². The summed E-state index contributed by atoms with van der Waals surface area (Å²) in [6, 6.07) is 10.2. The summed E-state index contributed by atoms with van der Waals surface area (Å²) in [7, 11) is 5.49. The fourth-order valence-corrected chi connectivity index (χ4v) is 4.30. The largest absolute Gasteiger partial charge is 0.497 e. The number of fused-ring (bicyclic) bond motifs is 2. The summed E-state index contributed by atoms with van der Waals surface area (Å²) in [6.45, 7) is 1.36. The first-order valence-electron chi connectivity index (χ1n) is 12.3. The highest BCUT2D eigenvalue weighted by atomic mass is 19.1. The van der Waals surface area contributed by atoms with E-state index in [-0.39, 0.29) is 0 Å². The molecule has 196 valence electrons. The summed E-state index contributed by atoms with van der Waals surface area (Å²) in [4.78, 5) is 23.7. The number of ether oxygens (including phenoxy) is 2. The maximum atomic E-state index is 14.2. The molecule has 0 unspecified atom stereocenters. The number of hydrogen-bond acceptors (Lipinski definition) is 8. The molecule has 2 N–H and O–H groups in total. The van der Waals surface area contributed by atoms with Crippen molar-refractivity contribution in [2.45, 2.75) is 0 Å². The Bertz CT molecular complexity index is 1800. The summed E-state index contributed by atoms with van der Waals surface area (Å²) in [5, 5.41) is 7.52. The zero-order chi connectivity index (χ0) is 26.9. The van der Waals surface area contributed by atoms with E-state index in [1.165, 1.54) is 19.2 Å². The smallest absolute Gasteiger partial charge is 0.161 e. The lowest BCUT2D eigenvalue weighted by molar-refractivity contribution is 0.261. The fourth-order valence-electron chi connectivity index (χ4n) is 4.30. The Morgan fingerprint density at radius 2 is 1.72 bits per heavy atom. The molecule has 10 nitrogen and oxygen atoms in total. The Hall–Kier alpha value is -4.90. The van der Waals surface area contributed by atoms with E-state index in [4.69, 9.17) is 19.4 Å². The van der Waals surface area contributed by atoms with Crippen LogP contribution in [0.1, 0.15) is 0 Å². The van der Waals surface area contributed by atoms with E-state index in [9.17, 15) is 4.39 Å². The molecule has 0 saturated heterocycles. The highest BCUT2D eigenvalue weighted by molar-refractivity contribution is 5.96. The van der Waals surface area contributed by atoms with Crippen molar-refractivity contribution in [2.75, 3.05) is 34.4 Å². The van der Waals surface area contributed by atoms with E-state index in [0.717, 1.165) is 23.3 Å². The van der Waals surface area contributed by atoms with E-state index < -0.39 is 5.82 Å². The van der Waals surface area contributed by atoms with Gasteiger partial charge in [0.15, 0.2) is 11.5 Å². The van der Waals surface area contributed by atoms with E-state index in [2.05, 4.69) is 30.0 Å². The lowest BCUT2D eigenvalue weighted by atomic mass is 10.1. The van der Waals surface area contributed by atoms with Gasteiger partial charge in [0, 0.05) is 36.1 Å². The summed E-state index contributed by atoms with van der Waals surface area (Å²) < 4.78 is 25.3. The number of hydrogen-bond donors (Lipinski definition) is 2. The number of nitrogens with one attached hydrogen (secondary N) is 2. The van der Waals surface area contributed by atoms with Gasteiger partial charge in [-0.1, -0.05) is 0 Å². The molecule has 0 fully saturated rings. The molecule has 0 amide bonds. The average molecular weight is 525 g/mol. The van der Waals surface area contributed by atoms with Crippen LogP contribution < -0.4 is 9.47 Å². The molecule has 6 aromatic rings. The zero-order valence-corrected chi connectivity index (χ0v) is 21.6. The van der Waals surface area contributed by atoms with Gasteiger partial charge >= 0.3 is 0 Å². The van der Waals surface area contributed by atoms with E-state index in [1.54, 1.807) is 30.9 Å². The van der Waals surface area contributed by atoms with Crippen LogP contribution in [0.3, 0.4) is 0 Å². The van der Waals surface area contributed by atoms with E-state index >= 15 is 0 Å². The summed E-state index contributed by atoms with van der Waals surface area (Å²) in [5.41, 5.74) is 6.09. The lowest BCUT2D eigenvalue weighted by Gasteiger charge is -2.11. The van der Waals surface area contributed by atoms with E-state index in [0.29, 0.717) is 57.3 Å². The monoisotopic (exact) mass is 524 g/mol. The molecule has 39 heavy (non-hydrogen) atoms. The maximum Gasteiger partial charge on any atom is 0.161 e. The van der Waals surface area contributed by atoms with Crippen LogP contribution in [0.25, 0.3) is 56.0 Å². The second-order valence-corrected chi connectivity index (χ2v) is 9.27. The molecule has 0 bridgehead atoms. The van der Waals surface area contributed by atoms with Crippen LogP contribution in [0.5, 0.6) is 11.5 Å². The highest BCUT2D eigenvalue weighted by Crippen LogP contribution is 2.33. The predicted molar refractivity (Wildman–Crippen MR) is 146 cm³/mol. The number of aromatic amines is 2. The minimum atomic E-state index is -0.409. The number of aromatic nitrogens is 7. The topological polar surface area (TPSA) is 118 Å². The van der Waals surface area contributed by atoms with Crippen LogP contribution in [0.2, 0.25) is 0 Å². The van der Waals surface area contributed by atoms with Gasteiger partial charge in [0.2, 0.25) is 0 Å². The van der Waals surface area contributed by atoms with Gasteiger partial charge in [-0.2, -0.15) is 5.10 Å². The SMILES string of the molecule is COc1cc(F)cc(-c2cncc3[nH]c(-c4n[nH]c5ccc(-c6cncc(OCCN(C)C)c6)nc45)nc23)c1. The van der Waals surface area contributed by atoms with Gasteiger partial charge in [-0.25, -0.2) is 14.4 Å². The average Bonchev–Trinajstić information content (AvgIpc) is 3.56. The van der Waals surface area contributed by atoms with Gasteiger partial charge in [0.1, 0.15) is 29.4 Å². The van der Waals surface area contributed by atoms with Gasteiger partial charge in [-0.05, 0) is 50.0 Å². The number of imidazole rings is 1. The Morgan fingerprint density at radius 3 is 2.56 bits per heavy atom. The van der Waals surface area contributed by atoms with Crippen molar-refractivity contribution in [3.63, 3.8) is 0 Å². The normalized spacial score (nSPS) is 11.5. The minimum absolute atomic E-state index is 0.409. The molecule has 11 heteroatoms. The van der Waals surface area contributed by atoms with Crippen molar-refractivity contribution in [3.05, 3.63) is 67.0 Å². The molecule has 0 saturated carbocycles. The van der Waals surface area contributed by atoms with Crippen LogP contribution in [0, 0.1) is 5.82 Å². The fraction of sp³-hybridized carbons (Fsp3) is 0.179. The first kappa shape index (κ1) is 24.4. The molecule has 0 radical (unpaired) electrons. The van der Waals surface area contributed by atoms with Crippen molar-refractivity contribution in [2.24, 2.45) is 0 Å². The Balaban J connectivity index is 1.38. The third kappa shape index (κ3) is 4.87. The van der Waals surface area contributed by atoms with Crippen molar-refractivity contribution in [1.82, 2.24) is 40.0 Å². The molecule has 5 heterocycles. The number of rotatable bonds is 8. The summed E-state index contributed by atoms with van der Waals surface area (Å²) >= 11 is 0. The molecule has 0 aliphatic carbocycles. The van der Waals surface area contributed by atoms with Gasteiger partial charge in [-0.3, -0.25) is 15.1 Å². The third-order valence-electron chi connectivity index (χ3n) is 6.26. The molecule has 1 aromatic carbocycles.